The van der Waals surface area contributed by atoms with Crippen LogP contribution in [0.1, 0.15) is 142 Å². The molecule has 0 rings (SSSR count). The monoisotopic (exact) mass is 436 g/mol. The fourth-order valence-electron chi connectivity index (χ4n) is 3.60. The molecule has 5 heteroatoms. The minimum absolute atomic E-state index is 0.0650. The molecule has 29 heavy (non-hydrogen) atoms. The Bertz CT molecular complexity index is 426. The normalized spacial score (nSPS) is 13.1. The Morgan fingerprint density at radius 2 is 0.931 bits per heavy atom. The molecule has 0 aromatic rings. The van der Waals surface area contributed by atoms with E-state index < -0.39 is 15.6 Å². The summed E-state index contributed by atoms with van der Waals surface area (Å²) in [5, 5.41) is 0. The third-order valence-corrected chi connectivity index (χ3v) is 6.95. The zero-order valence-electron chi connectivity index (χ0n) is 19.4. The lowest BCUT2D eigenvalue weighted by molar-refractivity contribution is 0.270. The molecule has 0 aliphatic heterocycles. The van der Waals surface area contributed by atoms with Gasteiger partial charge in [0, 0.05) is 0 Å². The van der Waals surface area contributed by atoms with Gasteiger partial charge in [-0.2, -0.15) is 8.42 Å². The Hall–Kier alpha value is -0.160. The standard InChI is InChI=1S/C24H49FO3S/c1-3-5-7-9-11-13-14-15-17-19-21-23-28-29(26,27)24(25)22-20-18-16-12-10-8-6-4-2/h24H,3-23H2,1-2H3. The molecule has 3 nitrogen and oxygen atoms in total. The van der Waals surface area contributed by atoms with Crippen molar-refractivity contribution in [1.82, 2.24) is 0 Å². The van der Waals surface area contributed by atoms with Crippen LogP contribution in [0.5, 0.6) is 0 Å². The van der Waals surface area contributed by atoms with Gasteiger partial charge < -0.3 is 0 Å². The molecule has 0 aromatic heterocycles. The molecule has 1 atom stereocenters. The van der Waals surface area contributed by atoms with Crippen molar-refractivity contribution in [1.29, 1.82) is 0 Å². The van der Waals surface area contributed by atoms with Crippen LogP contribution in [0.4, 0.5) is 4.39 Å². The molecule has 0 saturated carbocycles. The molecular formula is C24H49FO3S. The van der Waals surface area contributed by atoms with E-state index >= 15 is 0 Å². The highest BCUT2D eigenvalue weighted by molar-refractivity contribution is 7.87. The molecule has 0 spiro atoms. The summed E-state index contributed by atoms with van der Waals surface area (Å²) in [6.45, 7) is 4.55. The van der Waals surface area contributed by atoms with Gasteiger partial charge in [-0.05, 0) is 19.3 Å². The largest absolute Gasteiger partial charge is 0.299 e. The lowest BCUT2D eigenvalue weighted by Crippen LogP contribution is -2.19. The molecule has 0 heterocycles. The van der Waals surface area contributed by atoms with Crippen LogP contribution < -0.4 is 0 Å². The van der Waals surface area contributed by atoms with E-state index in [0.717, 1.165) is 25.7 Å². The maximum absolute atomic E-state index is 14.0. The topological polar surface area (TPSA) is 43.4 Å². The number of rotatable bonds is 23. The Morgan fingerprint density at radius 3 is 1.34 bits per heavy atom. The van der Waals surface area contributed by atoms with E-state index in [9.17, 15) is 12.8 Å². The van der Waals surface area contributed by atoms with Crippen molar-refractivity contribution in [3.63, 3.8) is 0 Å². The van der Waals surface area contributed by atoms with E-state index in [1.807, 2.05) is 0 Å². The predicted molar refractivity (Wildman–Crippen MR) is 123 cm³/mol. The lowest BCUT2D eigenvalue weighted by Gasteiger charge is -2.10. The fourth-order valence-corrected chi connectivity index (χ4v) is 4.55. The Kier molecular flexibility index (Phi) is 21.0. The van der Waals surface area contributed by atoms with Gasteiger partial charge in [0.15, 0.2) is 0 Å². The quantitative estimate of drug-likeness (QED) is 0.119. The molecule has 0 N–H and O–H groups in total. The van der Waals surface area contributed by atoms with Crippen LogP contribution in [0.25, 0.3) is 0 Å². The molecule has 0 saturated heterocycles. The van der Waals surface area contributed by atoms with Crippen LogP contribution in [-0.2, 0) is 14.3 Å². The first-order valence-electron chi connectivity index (χ1n) is 12.6. The molecule has 0 amide bonds. The number of alkyl halides is 1. The summed E-state index contributed by atoms with van der Waals surface area (Å²) in [6, 6.07) is 0. The van der Waals surface area contributed by atoms with Gasteiger partial charge in [-0.3, -0.25) is 4.18 Å². The smallest absolute Gasteiger partial charge is 0.268 e. The van der Waals surface area contributed by atoms with Gasteiger partial charge in [0.2, 0.25) is 5.50 Å². The molecule has 0 aliphatic rings. The van der Waals surface area contributed by atoms with Gasteiger partial charge >= 0.3 is 0 Å². The van der Waals surface area contributed by atoms with E-state index in [4.69, 9.17) is 4.18 Å². The van der Waals surface area contributed by atoms with E-state index in [1.54, 1.807) is 0 Å². The summed E-state index contributed by atoms with van der Waals surface area (Å²) in [7, 11) is -4.04. The molecule has 0 fully saturated rings. The highest BCUT2D eigenvalue weighted by atomic mass is 32.2. The first kappa shape index (κ1) is 28.8. The van der Waals surface area contributed by atoms with Gasteiger partial charge in [-0.25, -0.2) is 4.39 Å². The average Bonchev–Trinajstić information content (AvgIpc) is 2.70. The fraction of sp³-hybridized carbons (Fsp3) is 1.00. The van der Waals surface area contributed by atoms with Crippen LogP contribution in [0, 0.1) is 0 Å². The van der Waals surface area contributed by atoms with Crippen molar-refractivity contribution >= 4 is 10.1 Å². The first-order chi connectivity index (χ1) is 14.0. The number of hydrogen-bond acceptors (Lipinski definition) is 3. The van der Waals surface area contributed by atoms with Gasteiger partial charge in [-0.15, -0.1) is 0 Å². The first-order valence-corrected chi connectivity index (χ1v) is 14.0. The van der Waals surface area contributed by atoms with Crippen molar-refractivity contribution in [3.05, 3.63) is 0 Å². The van der Waals surface area contributed by atoms with Crippen LogP contribution in [-0.4, -0.2) is 20.5 Å². The highest BCUT2D eigenvalue weighted by Gasteiger charge is 2.25. The second-order valence-corrected chi connectivity index (χ2v) is 10.3. The Labute approximate surface area is 181 Å². The van der Waals surface area contributed by atoms with Crippen molar-refractivity contribution < 1.29 is 17.0 Å². The Morgan fingerprint density at radius 1 is 0.586 bits per heavy atom. The SMILES string of the molecule is CCCCCCCCCCCCCOS(=O)(=O)C(F)CCCCCCCCCC. The summed E-state index contributed by atoms with van der Waals surface area (Å²) in [6.07, 6.45) is 22.0. The molecular weight excluding hydrogens is 387 g/mol. The molecule has 0 bridgehead atoms. The predicted octanol–water partition coefficient (Wildman–Crippen LogP) is 8.47. The zero-order chi connectivity index (χ0) is 21.6. The summed E-state index contributed by atoms with van der Waals surface area (Å²) >= 11 is 0. The van der Waals surface area contributed by atoms with Crippen molar-refractivity contribution in [2.45, 2.75) is 148 Å². The van der Waals surface area contributed by atoms with Crippen LogP contribution in [0.15, 0.2) is 0 Å². The van der Waals surface area contributed by atoms with Crippen molar-refractivity contribution in [3.8, 4) is 0 Å². The van der Waals surface area contributed by atoms with E-state index in [-0.39, 0.29) is 13.0 Å². The van der Waals surface area contributed by atoms with Crippen LogP contribution in [0.3, 0.4) is 0 Å². The van der Waals surface area contributed by atoms with Crippen molar-refractivity contribution in [2.24, 2.45) is 0 Å². The number of unbranched alkanes of at least 4 members (excludes halogenated alkanes) is 17. The zero-order valence-corrected chi connectivity index (χ0v) is 20.3. The summed E-state index contributed by atoms with van der Waals surface area (Å²) in [5.41, 5.74) is -1.87. The minimum Gasteiger partial charge on any atom is -0.268 e. The molecule has 0 aliphatic carbocycles. The van der Waals surface area contributed by atoms with Gasteiger partial charge in [0.1, 0.15) is 0 Å². The number of halogens is 1. The molecule has 1 unspecified atom stereocenters. The second kappa shape index (κ2) is 21.1. The van der Waals surface area contributed by atoms with Gasteiger partial charge in [0.25, 0.3) is 10.1 Å². The Balaban J connectivity index is 3.50. The summed E-state index contributed by atoms with van der Waals surface area (Å²) < 4.78 is 42.6. The van der Waals surface area contributed by atoms with Crippen molar-refractivity contribution in [2.75, 3.05) is 6.61 Å². The molecule has 0 aromatic carbocycles. The van der Waals surface area contributed by atoms with E-state index in [0.29, 0.717) is 12.8 Å². The van der Waals surface area contributed by atoms with E-state index in [2.05, 4.69) is 13.8 Å². The molecule has 176 valence electrons. The maximum atomic E-state index is 14.0. The van der Waals surface area contributed by atoms with Crippen LogP contribution >= 0.6 is 0 Å². The highest BCUT2D eigenvalue weighted by Crippen LogP contribution is 2.17. The van der Waals surface area contributed by atoms with Gasteiger partial charge in [0.05, 0.1) is 6.61 Å². The number of hydrogen-bond donors (Lipinski definition) is 0. The lowest BCUT2D eigenvalue weighted by atomic mass is 10.1. The summed E-state index contributed by atoms with van der Waals surface area (Å²) in [5.74, 6) is 0. The molecule has 0 radical (unpaired) electrons. The summed E-state index contributed by atoms with van der Waals surface area (Å²) in [4.78, 5) is 0. The second-order valence-electron chi connectivity index (χ2n) is 8.52. The van der Waals surface area contributed by atoms with E-state index in [1.165, 1.54) is 83.5 Å². The minimum atomic E-state index is -4.04. The third kappa shape index (κ3) is 19.5. The van der Waals surface area contributed by atoms with Gasteiger partial charge in [-0.1, -0.05) is 123 Å². The third-order valence-electron chi connectivity index (χ3n) is 5.59. The maximum Gasteiger partial charge on any atom is 0.299 e. The van der Waals surface area contributed by atoms with Crippen LogP contribution in [0.2, 0.25) is 0 Å². The average molecular weight is 437 g/mol.